The molecule has 4 atom stereocenters. The van der Waals surface area contributed by atoms with Crippen LogP contribution in [0.4, 0.5) is 0 Å². The Hall–Kier alpha value is -2.24. The summed E-state index contributed by atoms with van der Waals surface area (Å²) in [5, 5.41) is 11.9. The van der Waals surface area contributed by atoms with Crippen LogP contribution in [0.5, 0.6) is 0 Å². The molecule has 5 heteroatoms. The van der Waals surface area contributed by atoms with E-state index in [2.05, 4.69) is 63.9 Å². The van der Waals surface area contributed by atoms with Gasteiger partial charge in [-0.05, 0) is 53.6 Å². The lowest BCUT2D eigenvalue weighted by molar-refractivity contribution is -0.132. The summed E-state index contributed by atoms with van der Waals surface area (Å²) in [4.78, 5) is 16.1. The lowest BCUT2D eigenvalue weighted by Gasteiger charge is -2.48. The first-order chi connectivity index (χ1) is 15.2. The van der Waals surface area contributed by atoms with E-state index >= 15 is 0 Å². The van der Waals surface area contributed by atoms with Crippen molar-refractivity contribution in [2.24, 2.45) is 11.3 Å². The second-order valence-electron chi connectivity index (χ2n) is 9.88. The molecular weight excluding hydrogens is 414 g/mol. The van der Waals surface area contributed by atoms with Crippen molar-refractivity contribution in [3.63, 3.8) is 0 Å². The van der Waals surface area contributed by atoms with E-state index in [1.807, 2.05) is 24.5 Å². The van der Waals surface area contributed by atoms with Crippen LogP contribution in [0.3, 0.4) is 0 Å². The lowest BCUT2D eigenvalue weighted by Crippen LogP contribution is -2.50. The van der Waals surface area contributed by atoms with Crippen molar-refractivity contribution in [2.75, 3.05) is 0 Å². The Morgan fingerprint density at radius 1 is 1.16 bits per heavy atom. The van der Waals surface area contributed by atoms with E-state index < -0.39 is 14.3 Å². The SMILES string of the molecule is CC[Si](CC)(CC)OC1CC2C=C(C(=O)O)C=CC2(C)C1(C)c1ccc2ccncc2c1. The van der Waals surface area contributed by atoms with Crippen molar-refractivity contribution in [1.82, 2.24) is 4.98 Å². The molecule has 2 aromatic rings. The van der Waals surface area contributed by atoms with E-state index in [0.29, 0.717) is 5.57 Å². The summed E-state index contributed by atoms with van der Waals surface area (Å²) in [5.74, 6) is -0.735. The molecule has 2 aliphatic rings. The number of fused-ring (bicyclic) bond motifs is 2. The van der Waals surface area contributed by atoms with E-state index in [1.54, 1.807) is 6.08 Å². The Bertz CT molecular complexity index is 1080. The number of carboxylic acid groups (broad SMARTS) is 1. The van der Waals surface area contributed by atoms with Gasteiger partial charge in [0.2, 0.25) is 0 Å². The number of nitrogens with zero attached hydrogens (tertiary/aromatic N) is 1. The van der Waals surface area contributed by atoms with Crippen molar-refractivity contribution in [3.8, 4) is 0 Å². The summed E-state index contributed by atoms with van der Waals surface area (Å²) >= 11 is 0. The number of aliphatic carboxylic acids is 1. The summed E-state index contributed by atoms with van der Waals surface area (Å²) in [6.45, 7) is 11.4. The van der Waals surface area contributed by atoms with E-state index in [1.165, 1.54) is 10.9 Å². The number of aromatic nitrogens is 1. The van der Waals surface area contributed by atoms with Crippen LogP contribution in [-0.2, 0) is 14.6 Å². The van der Waals surface area contributed by atoms with Gasteiger partial charge in [0.05, 0.1) is 11.7 Å². The molecule has 4 nitrogen and oxygen atoms in total. The second-order valence-corrected chi connectivity index (χ2v) is 14.6. The van der Waals surface area contributed by atoms with E-state index in [-0.39, 0.29) is 22.9 Å². The summed E-state index contributed by atoms with van der Waals surface area (Å²) in [6, 6.07) is 12.0. The maximum absolute atomic E-state index is 11.7. The van der Waals surface area contributed by atoms with Crippen LogP contribution >= 0.6 is 0 Å². The zero-order chi connectivity index (χ0) is 23.1. The number of pyridine rings is 1. The summed E-state index contributed by atoms with van der Waals surface area (Å²) in [6.07, 6.45) is 10.5. The fraction of sp³-hybridized carbons (Fsp3) is 0.481. The second kappa shape index (κ2) is 8.27. The first-order valence-electron chi connectivity index (χ1n) is 11.9. The Kier molecular flexibility index (Phi) is 5.93. The van der Waals surface area contributed by atoms with E-state index in [4.69, 9.17) is 4.43 Å². The van der Waals surface area contributed by atoms with Crippen LogP contribution in [-0.4, -0.2) is 30.5 Å². The van der Waals surface area contributed by atoms with E-state index in [0.717, 1.165) is 29.9 Å². The van der Waals surface area contributed by atoms with Crippen molar-refractivity contribution in [2.45, 2.75) is 70.7 Å². The van der Waals surface area contributed by atoms with Crippen molar-refractivity contribution < 1.29 is 14.3 Å². The van der Waals surface area contributed by atoms with Crippen LogP contribution in [0.1, 0.15) is 46.6 Å². The normalized spacial score (nSPS) is 29.7. The highest BCUT2D eigenvalue weighted by Gasteiger charge is 2.61. The predicted octanol–water partition coefficient (Wildman–Crippen LogP) is 6.49. The molecule has 0 saturated heterocycles. The average molecular weight is 450 g/mol. The summed E-state index contributed by atoms with van der Waals surface area (Å²) in [7, 11) is -1.87. The number of carboxylic acids is 1. The monoisotopic (exact) mass is 449 g/mol. The van der Waals surface area contributed by atoms with Gasteiger partial charge in [-0.2, -0.15) is 0 Å². The van der Waals surface area contributed by atoms with Gasteiger partial charge in [0.15, 0.2) is 8.32 Å². The molecule has 0 bridgehead atoms. The Balaban J connectivity index is 1.87. The molecule has 1 saturated carbocycles. The Labute approximate surface area is 192 Å². The Morgan fingerprint density at radius 3 is 2.53 bits per heavy atom. The number of carbonyl (C=O) groups is 1. The highest BCUT2D eigenvalue weighted by Crippen LogP contribution is 2.61. The van der Waals surface area contributed by atoms with E-state index in [9.17, 15) is 9.90 Å². The third-order valence-electron chi connectivity index (χ3n) is 8.80. The minimum Gasteiger partial charge on any atom is -0.478 e. The van der Waals surface area contributed by atoms with Crippen molar-refractivity contribution >= 4 is 25.1 Å². The van der Waals surface area contributed by atoms with Crippen molar-refractivity contribution in [1.29, 1.82) is 0 Å². The minimum atomic E-state index is -1.87. The first-order valence-corrected chi connectivity index (χ1v) is 14.4. The maximum atomic E-state index is 11.7. The molecule has 170 valence electrons. The number of benzene rings is 1. The number of hydrogen-bond donors (Lipinski definition) is 1. The van der Waals surface area contributed by atoms with Crippen LogP contribution in [0.15, 0.2) is 60.5 Å². The molecular formula is C27H35NO3Si. The van der Waals surface area contributed by atoms with Gasteiger partial charge in [0.1, 0.15) is 0 Å². The van der Waals surface area contributed by atoms with Gasteiger partial charge in [-0.25, -0.2) is 4.79 Å². The zero-order valence-electron chi connectivity index (χ0n) is 19.9. The standard InChI is InChI=1S/C27H35NO3Si/c1-6-32(7-2,8-3)31-24-17-23-15-20(25(29)30)11-13-26(23,4)27(24,5)22-10-9-19-12-14-28-18-21(19)16-22/h9-16,18,23-24H,6-8,17H2,1-5H3,(H,29,30). The smallest absolute Gasteiger partial charge is 0.335 e. The number of rotatable bonds is 7. The zero-order valence-corrected chi connectivity index (χ0v) is 20.9. The largest absolute Gasteiger partial charge is 0.478 e. The molecule has 2 aliphatic carbocycles. The molecule has 0 radical (unpaired) electrons. The summed E-state index contributed by atoms with van der Waals surface area (Å²) < 4.78 is 7.19. The lowest BCUT2D eigenvalue weighted by atomic mass is 9.59. The predicted molar refractivity (Wildman–Crippen MR) is 132 cm³/mol. The first kappa shape index (κ1) is 22.9. The highest BCUT2D eigenvalue weighted by molar-refractivity contribution is 6.73. The van der Waals surface area contributed by atoms with Gasteiger partial charge < -0.3 is 9.53 Å². The molecule has 1 N–H and O–H groups in total. The maximum Gasteiger partial charge on any atom is 0.335 e. The van der Waals surface area contributed by atoms with Crippen LogP contribution in [0, 0.1) is 11.3 Å². The number of allylic oxidation sites excluding steroid dienone is 2. The van der Waals surface area contributed by atoms with Crippen LogP contribution in [0.2, 0.25) is 18.1 Å². The molecule has 0 amide bonds. The van der Waals surface area contributed by atoms with Crippen LogP contribution in [0.25, 0.3) is 10.8 Å². The van der Waals surface area contributed by atoms with Gasteiger partial charge in [0, 0.05) is 28.6 Å². The molecule has 1 aromatic heterocycles. The molecule has 1 aromatic carbocycles. The fourth-order valence-corrected chi connectivity index (χ4v) is 8.97. The minimum absolute atomic E-state index is 0.0344. The van der Waals surface area contributed by atoms with Gasteiger partial charge in [-0.1, -0.05) is 65.0 Å². The average Bonchev–Trinajstić information content (AvgIpc) is 3.03. The molecule has 32 heavy (non-hydrogen) atoms. The third kappa shape index (κ3) is 3.37. The number of hydrogen-bond acceptors (Lipinski definition) is 3. The molecule has 0 aliphatic heterocycles. The van der Waals surface area contributed by atoms with Gasteiger partial charge in [-0.15, -0.1) is 0 Å². The highest BCUT2D eigenvalue weighted by atomic mass is 28.4. The van der Waals surface area contributed by atoms with Gasteiger partial charge in [0.25, 0.3) is 0 Å². The van der Waals surface area contributed by atoms with Gasteiger partial charge in [-0.3, -0.25) is 4.98 Å². The third-order valence-corrected chi connectivity index (χ3v) is 13.5. The van der Waals surface area contributed by atoms with Crippen LogP contribution < -0.4 is 0 Å². The topological polar surface area (TPSA) is 59.4 Å². The molecule has 0 spiro atoms. The van der Waals surface area contributed by atoms with Gasteiger partial charge >= 0.3 is 5.97 Å². The molecule has 1 fully saturated rings. The molecule has 4 unspecified atom stereocenters. The van der Waals surface area contributed by atoms with Crippen molar-refractivity contribution in [3.05, 3.63) is 66.0 Å². The quantitative estimate of drug-likeness (QED) is 0.491. The molecule has 1 heterocycles. The summed E-state index contributed by atoms with van der Waals surface area (Å²) in [5.41, 5.74) is 1.12. The fourth-order valence-electron chi connectivity index (χ4n) is 6.03. The Morgan fingerprint density at radius 2 is 1.88 bits per heavy atom. The molecule has 4 rings (SSSR count).